The minimum Gasteiger partial charge on any atom is -0.312 e. The van der Waals surface area contributed by atoms with Gasteiger partial charge < -0.3 is 5.32 Å². The molecule has 0 aliphatic carbocycles. The van der Waals surface area contributed by atoms with Crippen molar-refractivity contribution in [3.05, 3.63) is 34.9 Å². The summed E-state index contributed by atoms with van der Waals surface area (Å²) in [5.74, 6) is 0.869. The second kappa shape index (κ2) is 5.46. The lowest BCUT2D eigenvalue weighted by Gasteiger charge is -2.02. The van der Waals surface area contributed by atoms with Crippen LogP contribution in [0, 0.1) is 0 Å². The Labute approximate surface area is 83.5 Å². The second-order valence-corrected chi connectivity index (χ2v) is 3.41. The first-order chi connectivity index (χ1) is 5.83. The molecule has 12 heavy (non-hydrogen) atoms. The second-order valence-electron chi connectivity index (χ2n) is 2.53. The lowest BCUT2D eigenvalue weighted by Crippen LogP contribution is -2.15. The van der Waals surface area contributed by atoms with Crippen molar-refractivity contribution >= 4 is 24.2 Å². The lowest BCUT2D eigenvalue weighted by molar-refractivity contribution is 0.733. The number of halogens is 1. The molecule has 0 radical (unpaired) electrons. The highest BCUT2D eigenvalue weighted by Gasteiger charge is 1.91. The van der Waals surface area contributed by atoms with Crippen molar-refractivity contribution in [2.24, 2.45) is 0 Å². The van der Waals surface area contributed by atoms with Crippen LogP contribution in [0.25, 0.3) is 0 Å². The van der Waals surface area contributed by atoms with E-state index in [1.54, 1.807) is 0 Å². The van der Waals surface area contributed by atoms with Crippen LogP contribution in [0.2, 0.25) is 5.02 Å². The number of benzene rings is 1. The normalized spacial score (nSPS) is 10.2. The highest BCUT2D eigenvalue weighted by molar-refractivity contribution is 7.80. The van der Waals surface area contributed by atoms with Crippen LogP contribution in [-0.2, 0) is 6.54 Å². The van der Waals surface area contributed by atoms with E-state index in [4.69, 9.17) is 11.6 Å². The Morgan fingerprint density at radius 2 is 1.92 bits per heavy atom. The Morgan fingerprint density at radius 1 is 1.25 bits per heavy atom. The number of rotatable bonds is 4. The van der Waals surface area contributed by atoms with Gasteiger partial charge in [0.25, 0.3) is 0 Å². The Kier molecular flexibility index (Phi) is 4.51. The molecule has 0 aliphatic rings. The summed E-state index contributed by atoms with van der Waals surface area (Å²) >= 11 is 9.84. The van der Waals surface area contributed by atoms with Crippen LogP contribution in [0.15, 0.2) is 24.3 Å². The monoisotopic (exact) mass is 201 g/mol. The van der Waals surface area contributed by atoms with Gasteiger partial charge in [-0.25, -0.2) is 0 Å². The van der Waals surface area contributed by atoms with E-state index in [1.165, 1.54) is 5.56 Å². The van der Waals surface area contributed by atoms with E-state index in [-0.39, 0.29) is 0 Å². The molecule has 0 aromatic heterocycles. The van der Waals surface area contributed by atoms with E-state index in [1.807, 2.05) is 24.3 Å². The fourth-order valence-electron chi connectivity index (χ4n) is 0.914. The lowest BCUT2D eigenvalue weighted by atomic mass is 10.2. The number of thiol groups is 1. The quantitative estimate of drug-likeness (QED) is 0.563. The van der Waals surface area contributed by atoms with Crippen molar-refractivity contribution in [2.45, 2.75) is 6.54 Å². The predicted molar refractivity (Wildman–Crippen MR) is 57.0 cm³/mol. The molecule has 0 saturated carbocycles. The molecule has 0 fully saturated rings. The fourth-order valence-corrected chi connectivity index (χ4v) is 1.20. The average molecular weight is 202 g/mol. The molecule has 3 heteroatoms. The number of hydrogen-bond acceptors (Lipinski definition) is 2. The highest BCUT2D eigenvalue weighted by atomic mass is 35.5. The minimum atomic E-state index is 0.785. The van der Waals surface area contributed by atoms with Gasteiger partial charge in [-0.15, -0.1) is 0 Å². The van der Waals surface area contributed by atoms with Crippen molar-refractivity contribution in [2.75, 3.05) is 12.3 Å². The van der Waals surface area contributed by atoms with Crippen molar-refractivity contribution in [3.63, 3.8) is 0 Å². The van der Waals surface area contributed by atoms with Crippen molar-refractivity contribution in [3.8, 4) is 0 Å². The average Bonchev–Trinajstić information content (AvgIpc) is 2.09. The van der Waals surface area contributed by atoms with Crippen LogP contribution in [0.4, 0.5) is 0 Å². The third-order valence-corrected chi connectivity index (χ3v) is 2.01. The summed E-state index contributed by atoms with van der Waals surface area (Å²) < 4.78 is 0. The van der Waals surface area contributed by atoms with Crippen molar-refractivity contribution in [1.82, 2.24) is 5.32 Å². The molecule has 0 atom stereocenters. The van der Waals surface area contributed by atoms with E-state index in [0.717, 1.165) is 23.9 Å². The molecule has 0 amide bonds. The predicted octanol–water partition coefficient (Wildman–Crippen LogP) is 2.36. The van der Waals surface area contributed by atoms with Gasteiger partial charge in [0.1, 0.15) is 0 Å². The third kappa shape index (κ3) is 3.48. The van der Waals surface area contributed by atoms with Crippen molar-refractivity contribution < 1.29 is 0 Å². The highest BCUT2D eigenvalue weighted by Crippen LogP contribution is 2.08. The van der Waals surface area contributed by atoms with Crippen LogP contribution in [0.5, 0.6) is 0 Å². The van der Waals surface area contributed by atoms with E-state index >= 15 is 0 Å². The Morgan fingerprint density at radius 3 is 2.50 bits per heavy atom. The summed E-state index contributed by atoms with van der Waals surface area (Å²) in [6.07, 6.45) is 0. The van der Waals surface area contributed by atoms with Gasteiger partial charge in [-0.05, 0) is 17.7 Å². The summed E-state index contributed by atoms with van der Waals surface area (Å²) in [4.78, 5) is 0. The van der Waals surface area contributed by atoms with Gasteiger partial charge in [0.15, 0.2) is 0 Å². The van der Waals surface area contributed by atoms with Gasteiger partial charge in [0.05, 0.1) is 0 Å². The topological polar surface area (TPSA) is 12.0 Å². The first-order valence-corrected chi connectivity index (χ1v) is 4.90. The molecule has 1 rings (SSSR count). The standard InChI is InChI=1S/C9H12ClNS/c10-9-3-1-8(2-4-9)7-11-5-6-12/h1-4,11-12H,5-7H2. The van der Waals surface area contributed by atoms with E-state index in [0.29, 0.717) is 0 Å². The zero-order valence-corrected chi connectivity index (χ0v) is 8.41. The largest absolute Gasteiger partial charge is 0.312 e. The van der Waals surface area contributed by atoms with Crippen LogP contribution in [0.1, 0.15) is 5.56 Å². The third-order valence-electron chi connectivity index (χ3n) is 1.53. The summed E-state index contributed by atoms with van der Waals surface area (Å²) in [6, 6.07) is 7.85. The zero-order valence-electron chi connectivity index (χ0n) is 6.76. The van der Waals surface area contributed by atoms with Gasteiger partial charge >= 0.3 is 0 Å². The van der Waals surface area contributed by atoms with E-state index in [9.17, 15) is 0 Å². The zero-order chi connectivity index (χ0) is 8.81. The molecule has 0 unspecified atom stereocenters. The SMILES string of the molecule is SCCNCc1ccc(Cl)cc1. The van der Waals surface area contributed by atoms with Gasteiger partial charge in [-0.1, -0.05) is 23.7 Å². The maximum atomic E-state index is 5.74. The fraction of sp³-hybridized carbons (Fsp3) is 0.333. The molecule has 1 aromatic carbocycles. The van der Waals surface area contributed by atoms with Crippen LogP contribution in [-0.4, -0.2) is 12.3 Å². The number of hydrogen-bond donors (Lipinski definition) is 2. The maximum Gasteiger partial charge on any atom is 0.0406 e. The molecule has 66 valence electrons. The van der Waals surface area contributed by atoms with Gasteiger partial charge in [-0.2, -0.15) is 12.6 Å². The van der Waals surface area contributed by atoms with Gasteiger partial charge in [-0.3, -0.25) is 0 Å². The Hall–Kier alpha value is -0.180. The Bertz CT molecular complexity index is 222. The number of nitrogens with one attached hydrogen (secondary N) is 1. The molecule has 1 nitrogen and oxygen atoms in total. The smallest absolute Gasteiger partial charge is 0.0406 e. The van der Waals surface area contributed by atoms with Crippen molar-refractivity contribution in [1.29, 1.82) is 0 Å². The van der Waals surface area contributed by atoms with Crippen LogP contribution in [0.3, 0.4) is 0 Å². The van der Waals surface area contributed by atoms with Crippen LogP contribution >= 0.6 is 24.2 Å². The molecule has 1 aromatic rings. The minimum absolute atomic E-state index is 0.785. The van der Waals surface area contributed by atoms with E-state index in [2.05, 4.69) is 17.9 Å². The summed E-state index contributed by atoms with van der Waals surface area (Å²) in [6.45, 7) is 1.82. The molecule has 0 bridgehead atoms. The molecular weight excluding hydrogens is 190 g/mol. The molecule has 1 N–H and O–H groups in total. The summed E-state index contributed by atoms with van der Waals surface area (Å²) in [7, 11) is 0. The van der Waals surface area contributed by atoms with Gasteiger partial charge in [0.2, 0.25) is 0 Å². The molecule has 0 heterocycles. The van der Waals surface area contributed by atoms with Gasteiger partial charge in [0, 0.05) is 23.9 Å². The molecule has 0 aliphatic heterocycles. The summed E-state index contributed by atoms with van der Waals surface area (Å²) in [5, 5.41) is 4.04. The van der Waals surface area contributed by atoms with E-state index < -0.39 is 0 Å². The summed E-state index contributed by atoms with van der Waals surface area (Å²) in [5.41, 5.74) is 1.25. The molecule has 0 saturated heterocycles. The molecular formula is C9H12ClNS. The first-order valence-electron chi connectivity index (χ1n) is 3.89. The maximum absolute atomic E-state index is 5.74. The van der Waals surface area contributed by atoms with Crippen LogP contribution < -0.4 is 5.32 Å². The molecule has 0 spiro atoms. The Balaban J connectivity index is 2.37. The first kappa shape index (κ1) is 9.90.